The Hall–Kier alpha value is -4.96. The minimum absolute atomic E-state index is 0.0264. The summed E-state index contributed by atoms with van der Waals surface area (Å²) in [4.78, 5) is 28.0. The van der Waals surface area contributed by atoms with Crippen LogP contribution >= 0.6 is 0 Å². The number of fused-ring (bicyclic) bond motifs is 4. The predicted molar refractivity (Wildman–Crippen MR) is 152 cm³/mol. The average Bonchev–Trinajstić information content (AvgIpc) is 3.42. The Kier molecular flexibility index (Phi) is 6.32. The van der Waals surface area contributed by atoms with Crippen molar-refractivity contribution >= 4 is 23.0 Å². The summed E-state index contributed by atoms with van der Waals surface area (Å²) >= 11 is 0. The number of aliphatic hydroxyl groups excluding tert-OH is 1. The molecule has 10 heteroatoms. The zero-order chi connectivity index (χ0) is 29.9. The number of carbonyl (C=O) groups is 2. The molecule has 43 heavy (non-hydrogen) atoms. The van der Waals surface area contributed by atoms with Crippen molar-refractivity contribution in [3.05, 3.63) is 112 Å². The van der Waals surface area contributed by atoms with Crippen molar-refractivity contribution < 1.29 is 38.2 Å². The van der Waals surface area contributed by atoms with Crippen molar-refractivity contribution in [3.8, 4) is 11.6 Å². The first-order valence-corrected chi connectivity index (χ1v) is 14.0. The molecule has 1 fully saturated rings. The number of anilines is 1. The van der Waals surface area contributed by atoms with Crippen LogP contribution in [0.1, 0.15) is 44.8 Å². The SMILES string of the molecule is Nc1cc(F)c2c(c1OCc1ccccc1)C(O)=C1C(=O)[C@]3(O)C(=O)c4c(OCc5ccccc5)noc4CC3CC1C2. The highest BCUT2D eigenvalue weighted by molar-refractivity contribution is 6.26. The van der Waals surface area contributed by atoms with E-state index in [9.17, 15) is 19.8 Å². The molecule has 218 valence electrons. The topological polar surface area (TPSA) is 145 Å². The fourth-order valence-corrected chi connectivity index (χ4v) is 6.53. The maximum absolute atomic E-state index is 15.3. The van der Waals surface area contributed by atoms with E-state index in [1.54, 1.807) is 0 Å². The maximum atomic E-state index is 15.3. The summed E-state index contributed by atoms with van der Waals surface area (Å²) in [6.07, 6.45) is 0.207. The third kappa shape index (κ3) is 4.20. The van der Waals surface area contributed by atoms with E-state index in [-0.39, 0.29) is 77.8 Å². The van der Waals surface area contributed by atoms with Crippen LogP contribution in [-0.4, -0.2) is 32.5 Å². The number of carbonyl (C=O) groups excluding carboxylic acids is 2. The zero-order valence-electron chi connectivity index (χ0n) is 22.9. The Morgan fingerprint density at radius 2 is 1.60 bits per heavy atom. The third-order valence-electron chi connectivity index (χ3n) is 8.64. The van der Waals surface area contributed by atoms with E-state index in [1.807, 2.05) is 60.7 Å². The van der Waals surface area contributed by atoms with Gasteiger partial charge in [-0.2, -0.15) is 0 Å². The quantitative estimate of drug-likeness (QED) is 0.217. The molecule has 1 heterocycles. The number of aliphatic hydroxyl groups is 2. The van der Waals surface area contributed by atoms with Crippen LogP contribution in [0.4, 0.5) is 10.1 Å². The van der Waals surface area contributed by atoms with Crippen molar-refractivity contribution in [3.63, 3.8) is 0 Å². The highest BCUT2D eigenvalue weighted by atomic mass is 19.1. The van der Waals surface area contributed by atoms with E-state index >= 15 is 4.39 Å². The number of aromatic nitrogens is 1. The van der Waals surface area contributed by atoms with Crippen molar-refractivity contribution in [2.24, 2.45) is 11.8 Å². The van der Waals surface area contributed by atoms with Crippen molar-refractivity contribution in [1.82, 2.24) is 5.16 Å². The molecule has 1 aromatic heterocycles. The lowest BCUT2D eigenvalue weighted by molar-refractivity contribution is -0.138. The van der Waals surface area contributed by atoms with Gasteiger partial charge >= 0.3 is 0 Å². The fourth-order valence-electron chi connectivity index (χ4n) is 6.53. The Morgan fingerprint density at radius 3 is 2.28 bits per heavy atom. The minimum Gasteiger partial charge on any atom is -0.507 e. The largest absolute Gasteiger partial charge is 0.507 e. The van der Waals surface area contributed by atoms with Crippen LogP contribution < -0.4 is 15.2 Å². The number of nitrogens with two attached hydrogens (primary N) is 1. The van der Waals surface area contributed by atoms with E-state index in [4.69, 9.17) is 19.7 Å². The van der Waals surface area contributed by atoms with Gasteiger partial charge in [0, 0.05) is 29.5 Å². The van der Waals surface area contributed by atoms with E-state index < -0.39 is 40.6 Å². The zero-order valence-corrected chi connectivity index (χ0v) is 22.9. The fraction of sp³-hybridized carbons (Fsp3) is 0.242. The van der Waals surface area contributed by atoms with Crippen LogP contribution in [0.15, 0.2) is 76.8 Å². The Morgan fingerprint density at radius 1 is 0.953 bits per heavy atom. The Labute approximate surface area is 245 Å². The van der Waals surface area contributed by atoms with E-state index in [2.05, 4.69) is 5.16 Å². The molecular weight excluding hydrogens is 555 g/mol. The van der Waals surface area contributed by atoms with Crippen molar-refractivity contribution in [2.45, 2.75) is 38.1 Å². The van der Waals surface area contributed by atoms with Crippen LogP contribution in [0.2, 0.25) is 0 Å². The molecule has 3 atom stereocenters. The van der Waals surface area contributed by atoms with Crippen molar-refractivity contribution in [1.29, 1.82) is 0 Å². The number of nitrogen functional groups attached to an aromatic ring is 1. The number of nitrogens with zero attached hydrogens (tertiary/aromatic N) is 1. The number of ketones is 2. The average molecular weight is 583 g/mol. The molecule has 3 aliphatic carbocycles. The predicted octanol–water partition coefficient (Wildman–Crippen LogP) is 4.75. The van der Waals surface area contributed by atoms with Crippen LogP contribution in [0.25, 0.3) is 5.76 Å². The standard InChI is InChI=1S/C33H27FN2O7/c34-22-14-23(35)29(41-15-17-7-3-1-4-8-17)26-21(22)12-19-11-20-13-24-27(31(39)33(20,40)30(38)25(19)28(26)37)32(36-43-24)42-16-18-9-5-2-6-10-18/h1-10,14,19-20,37,40H,11-13,15-16,35H2/t19?,20?,33-/m0/s1. The molecule has 0 spiro atoms. The second-order valence-electron chi connectivity index (χ2n) is 11.2. The first-order chi connectivity index (χ1) is 20.8. The molecule has 9 nitrogen and oxygen atoms in total. The number of hydrogen-bond acceptors (Lipinski definition) is 9. The highest BCUT2D eigenvalue weighted by Crippen LogP contribution is 2.52. The Bertz CT molecular complexity index is 1800. The van der Waals surface area contributed by atoms with Gasteiger partial charge < -0.3 is 29.9 Å². The normalized spacial score (nSPS) is 22.4. The lowest BCUT2D eigenvalue weighted by Crippen LogP contribution is -2.60. The van der Waals surface area contributed by atoms with Gasteiger partial charge in [0.2, 0.25) is 11.6 Å². The second-order valence-corrected chi connectivity index (χ2v) is 11.2. The molecule has 3 aromatic carbocycles. The van der Waals surface area contributed by atoms with Gasteiger partial charge in [0.1, 0.15) is 30.4 Å². The molecule has 0 bridgehead atoms. The lowest BCUT2D eigenvalue weighted by Gasteiger charge is -2.45. The van der Waals surface area contributed by atoms with Gasteiger partial charge in [-0.15, -0.1) is 0 Å². The number of hydrogen-bond donors (Lipinski definition) is 3. The van der Waals surface area contributed by atoms with Gasteiger partial charge in [-0.25, -0.2) is 4.39 Å². The van der Waals surface area contributed by atoms with E-state index in [0.717, 1.165) is 17.2 Å². The second kappa shape index (κ2) is 10.1. The smallest absolute Gasteiger partial charge is 0.265 e. The third-order valence-corrected chi connectivity index (χ3v) is 8.64. The summed E-state index contributed by atoms with van der Waals surface area (Å²) in [7, 11) is 0. The summed E-state index contributed by atoms with van der Waals surface area (Å²) in [6.45, 7) is 0.169. The first kappa shape index (κ1) is 26.9. The van der Waals surface area contributed by atoms with E-state index in [0.29, 0.717) is 0 Å². The monoisotopic (exact) mass is 582 g/mol. The molecule has 0 radical (unpaired) electrons. The van der Waals surface area contributed by atoms with Gasteiger partial charge in [-0.3, -0.25) is 9.59 Å². The molecule has 7 rings (SSSR count). The van der Waals surface area contributed by atoms with Crippen LogP contribution in [0.5, 0.6) is 11.6 Å². The molecular formula is C33H27FN2O7. The highest BCUT2D eigenvalue weighted by Gasteiger charge is 2.62. The number of halogens is 1. The molecule has 0 amide bonds. The Balaban J connectivity index is 1.25. The maximum Gasteiger partial charge on any atom is 0.265 e. The van der Waals surface area contributed by atoms with Crippen molar-refractivity contribution in [2.75, 3.05) is 5.73 Å². The molecule has 0 aliphatic heterocycles. The van der Waals surface area contributed by atoms with Gasteiger partial charge in [0.15, 0.2) is 17.1 Å². The summed E-state index contributed by atoms with van der Waals surface area (Å²) in [5, 5.41) is 27.3. The van der Waals surface area contributed by atoms with Gasteiger partial charge in [-0.1, -0.05) is 60.7 Å². The number of rotatable bonds is 6. The van der Waals surface area contributed by atoms with Crippen LogP contribution in [0, 0.1) is 17.7 Å². The minimum atomic E-state index is -2.50. The molecule has 4 N–H and O–H groups in total. The van der Waals surface area contributed by atoms with Gasteiger partial charge in [-0.05, 0) is 35.0 Å². The summed E-state index contributed by atoms with van der Waals surface area (Å²) in [5.74, 6) is -4.46. The summed E-state index contributed by atoms with van der Waals surface area (Å²) in [5.41, 5.74) is 5.08. The molecule has 3 aliphatic rings. The molecule has 4 aromatic rings. The number of benzene rings is 3. The van der Waals surface area contributed by atoms with E-state index in [1.165, 1.54) is 0 Å². The summed E-state index contributed by atoms with van der Waals surface area (Å²) in [6, 6.07) is 19.6. The number of Topliss-reactive ketones (excluding diaryl/α,β-unsaturated/α-hetero) is 2. The van der Waals surface area contributed by atoms with Crippen LogP contribution in [-0.2, 0) is 30.8 Å². The van der Waals surface area contributed by atoms with Gasteiger partial charge in [0.25, 0.3) is 5.88 Å². The lowest BCUT2D eigenvalue weighted by atomic mass is 9.58. The molecule has 2 unspecified atom stereocenters. The molecule has 1 saturated carbocycles. The molecule has 0 saturated heterocycles. The first-order valence-electron chi connectivity index (χ1n) is 14.0. The number of ether oxygens (including phenoxy) is 2. The van der Waals surface area contributed by atoms with Crippen LogP contribution in [0.3, 0.4) is 0 Å². The summed E-state index contributed by atoms with van der Waals surface area (Å²) < 4.78 is 32.4. The van der Waals surface area contributed by atoms with Gasteiger partial charge in [0.05, 0.1) is 11.3 Å².